The summed E-state index contributed by atoms with van der Waals surface area (Å²) < 4.78 is 7.71. The lowest BCUT2D eigenvalue weighted by atomic mass is 9.97. The Morgan fingerprint density at radius 3 is 2.87 bits per heavy atom. The van der Waals surface area contributed by atoms with E-state index in [4.69, 9.17) is 4.42 Å². The number of imidazole rings is 1. The first-order valence-corrected chi connectivity index (χ1v) is 11.2. The molecule has 0 spiro atoms. The minimum Gasteiger partial charge on any atom is -0.455 e. The summed E-state index contributed by atoms with van der Waals surface area (Å²) >= 11 is 1.55. The van der Waals surface area contributed by atoms with Crippen molar-refractivity contribution in [3.8, 4) is 0 Å². The Morgan fingerprint density at radius 2 is 2.13 bits per heavy atom. The normalized spacial score (nSPS) is 16.3. The van der Waals surface area contributed by atoms with Crippen LogP contribution in [0.4, 0.5) is 5.82 Å². The minimum atomic E-state index is -0.269. The SMILES string of the molecule is Cc1ccc(NC(=O)[C@H]2CCCN(C(=O)c3ccc(CSc4nccn4C)o3)C2)nc1. The standard InChI is InChI=1S/C22H25N5O3S/c1-15-5-8-19(24-12-15)25-20(28)16-4-3-10-27(13-16)21(29)18-7-6-17(30-18)14-31-22-23-9-11-26(22)2/h5-9,11-12,16H,3-4,10,13-14H2,1-2H3,(H,24,25,28)/t16-/m0/s1. The van der Waals surface area contributed by atoms with Crippen LogP contribution in [0.15, 0.2) is 52.4 Å². The average Bonchev–Trinajstić information content (AvgIpc) is 3.42. The molecule has 1 fully saturated rings. The van der Waals surface area contributed by atoms with Crippen molar-refractivity contribution >= 4 is 29.4 Å². The van der Waals surface area contributed by atoms with Crippen LogP contribution in [-0.4, -0.2) is 44.3 Å². The van der Waals surface area contributed by atoms with Gasteiger partial charge in [0.1, 0.15) is 11.6 Å². The highest BCUT2D eigenvalue weighted by molar-refractivity contribution is 7.98. The third-order valence-corrected chi connectivity index (χ3v) is 6.32. The Morgan fingerprint density at radius 1 is 1.26 bits per heavy atom. The van der Waals surface area contributed by atoms with Gasteiger partial charge < -0.3 is 19.2 Å². The van der Waals surface area contributed by atoms with E-state index in [-0.39, 0.29) is 17.7 Å². The number of aryl methyl sites for hydroxylation is 2. The summed E-state index contributed by atoms with van der Waals surface area (Å²) in [5.41, 5.74) is 1.03. The van der Waals surface area contributed by atoms with Gasteiger partial charge in [0.15, 0.2) is 10.9 Å². The number of furan rings is 1. The van der Waals surface area contributed by atoms with Gasteiger partial charge in [0.05, 0.1) is 11.7 Å². The maximum Gasteiger partial charge on any atom is 0.289 e. The summed E-state index contributed by atoms with van der Waals surface area (Å²) in [6.45, 7) is 2.93. The van der Waals surface area contributed by atoms with Gasteiger partial charge in [0.2, 0.25) is 5.91 Å². The van der Waals surface area contributed by atoms with E-state index in [1.165, 1.54) is 0 Å². The van der Waals surface area contributed by atoms with Gasteiger partial charge in [0, 0.05) is 38.7 Å². The molecule has 1 atom stereocenters. The number of amides is 2. The molecule has 3 aromatic rings. The fraction of sp³-hybridized carbons (Fsp3) is 0.364. The monoisotopic (exact) mass is 439 g/mol. The summed E-state index contributed by atoms with van der Waals surface area (Å²) in [6, 6.07) is 7.21. The molecule has 1 aliphatic rings. The lowest BCUT2D eigenvalue weighted by molar-refractivity contribution is -0.121. The van der Waals surface area contributed by atoms with Crippen LogP contribution in [0.25, 0.3) is 0 Å². The van der Waals surface area contributed by atoms with Gasteiger partial charge in [-0.05, 0) is 43.5 Å². The molecule has 1 aliphatic heterocycles. The number of carbonyl (C=O) groups is 2. The molecule has 1 saturated heterocycles. The quantitative estimate of drug-likeness (QED) is 0.591. The Kier molecular flexibility index (Phi) is 6.41. The molecule has 31 heavy (non-hydrogen) atoms. The van der Waals surface area contributed by atoms with Crippen molar-refractivity contribution in [1.82, 2.24) is 19.4 Å². The second-order valence-electron chi connectivity index (χ2n) is 7.68. The summed E-state index contributed by atoms with van der Waals surface area (Å²) in [5.74, 6) is 1.57. The fourth-order valence-electron chi connectivity index (χ4n) is 3.50. The van der Waals surface area contributed by atoms with Crippen molar-refractivity contribution in [2.45, 2.75) is 30.7 Å². The highest BCUT2D eigenvalue weighted by Crippen LogP contribution is 2.24. The largest absolute Gasteiger partial charge is 0.455 e. The molecule has 8 nitrogen and oxygen atoms in total. The fourth-order valence-corrected chi connectivity index (χ4v) is 4.33. The van der Waals surface area contributed by atoms with E-state index in [0.29, 0.717) is 36.2 Å². The Hall–Kier alpha value is -3.07. The third-order valence-electron chi connectivity index (χ3n) is 5.23. The molecule has 3 aromatic heterocycles. The highest BCUT2D eigenvalue weighted by Gasteiger charge is 2.30. The van der Waals surface area contributed by atoms with Crippen LogP contribution in [0.5, 0.6) is 0 Å². The van der Waals surface area contributed by atoms with E-state index in [9.17, 15) is 9.59 Å². The number of nitrogens with one attached hydrogen (secondary N) is 1. The predicted molar refractivity (Wildman–Crippen MR) is 118 cm³/mol. The summed E-state index contributed by atoms with van der Waals surface area (Å²) in [7, 11) is 1.93. The van der Waals surface area contributed by atoms with E-state index in [1.54, 1.807) is 41.2 Å². The molecular weight excluding hydrogens is 414 g/mol. The molecule has 9 heteroatoms. The number of pyridine rings is 1. The zero-order chi connectivity index (χ0) is 21.8. The maximum atomic E-state index is 12.9. The first-order valence-electron chi connectivity index (χ1n) is 10.2. The van der Waals surface area contributed by atoms with E-state index < -0.39 is 0 Å². The Balaban J connectivity index is 1.34. The molecular formula is C22H25N5O3S. The smallest absolute Gasteiger partial charge is 0.289 e. The van der Waals surface area contributed by atoms with Gasteiger partial charge in [-0.3, -0.25) is 9.59 Å². The second-order valence-corrected chi connectivity index (χ2v) is 8.62. The summed E-state index contributed by atoms with van der Waals surface area (Å²) in [5, 5.41) is 3.74. The Bertz CT molecular complexity index is 1060. The highest BCUT2D eigenvalue weighted by atomic mass is 32.2. The number of hydrogen-bond acceptors (Lipinski definition) is 6. The van der Waals surface area contributed by atoms with E-state index >= 15 is 0 Å². The number of likely N-dealkylation sites (tertiary alicyclic amines) is 1. The molecule has 0 radical (unpaired) electrons. The average molecular weight is 440 g/mol. The van der Waals surface area contributed by atoms with Crippen LogP contribution in [-0.2, 0) is 17.6 Å². The molecule has 1 N–H and O–H groups in total. The van der Waals surface area contributed by atoms with Gasteiger partial charge in [-0.25, -0.2) is 9.97 Å². The first kappa shape index (κ1) is 21.2. The lowest BCUT2D eigenvalue weighted by Crippen LogP contribution is -2.43. The zero-order valence-electron chi connectivity index (χ0n) is 17.6. The zero-order valence-corrected chi connectivity index (χ0v) is 18.4. The number of hydrogen-bond donors (Lipinski definition) is 1. The number of aromatic nitrogens is 3. The number of anilines is 1. The van der Waals surface area contributed by atoms with Gasteiger partial charge in [-0.15, -0.1) is 0 Å². The van der Waals surface area contributed by atoms with Gasteiger partial charge in [-0.2, -0.15) is 0 Å². The first-order chi connectivity index (χ1) is 15.0. The number of carbonyl (C=O) groups excluding carboxylic acids is 2. The van der Waals surface area contributed by atoms with E-state index in [1.807, 2.05) is 36.9 Å². The van der Waals surface area contributed by atoms with E-state index in [0.717, 1.165) is 23.6 Å². The molecule has 0 aliphatic carbocycles. The number of rotatable bonds is 6. The molecule has 162 valence electrons. The van der Waals surface area contributed by atoms with Crippen molar-refractivity contribution in [3.05, 3.63) is 59.9 Å². The van der Waals surface area contributed by atoms with Crippen LogP contribution in [0.3, 0.4) is 0 Å². The number of piperidine rings is 1. The van der Waals surface area contributed by atoms with Crippen molar-refractivity contribution in [3.63, 3.8) is 0 Å². The molecule has 2 amide bonds. The number of thioether (sulfide) groups is 1. The van der Waals surface area contributed by atoms with Crippen molar-refractivity contribution in [1.29, 1.82) is 0 Å². The molecule has 0 aromatic carbocycles. The molecule has 4 heterocycles. The van der Waals surface area contributed by atoms with E-state index in [2.05, 4.69) is 15.3 Å². The van der Waals surface area contributed by atoms with Crippen LogP contribution >= 0.6 is 11.8 Å². The third kappa shape index (κ3) is 5.16. The maximum absolute atomic E-state index is 12.9. The molecule has 4 rings (SSSR count). The topological polar surface area (TPSA) is 93.3 Å². The van der Waals surface area contributed by atoms with Crippen LogP contribution in [0, 0.1) is 12.8 Å². The molecule has 0 unspecified atom stereocenters. The van der Waals surface area contributed by atoms with Crippen LogP contribution < -0.4 is 5.32 Å². The van der Waals surface area contributed by atoms with Gasteiger partial charge in [-0.1, -0.05) is 17.8 Å². The predicted octanol–water partition coefficient (Wildman–Crippen LogP) is 3.50. The lowest BCUT2D eigenvalue weighted by Gasteiger charge is -2.31. The van der Waals surface area contributed by atoms with Crippen LogP contribution in [0.2, 0.25) is 0 Å². The second kappa shape index (κ2) is 9.38. The number of nitrogens with zero attached hydrogens (tertiary/aromatic N) is 4. The minimum absolute atomic E-state index is 0.111. The summed E-state index contributed by atoms with van der Waals surface area (Å²) in [4.78, 5) is 35.8. The molecule has 0 bridgehead atoms. The van der Waals surface area contributed by atoms with Crippen LogP contribution in [0.1, 0.15) is 34.7 Å². The van der Waals surface area contributed by atoms with Crippen molar-refractivity contribution in [2.75, 3.05) is 18.4 Å². The van der Waals surface area contributed by atoms with Crippen molar-refractivity contribution in [2.24, 2.45) is 13.0 Å². The summed E-state index contributed by atoms with van der Waals surface area (Å²) in [6.07, 6.45) is 6.86. The Labute approximate surface area is 185 Å². The van der Waals surface area contributed by atoms with Crippen molar-refractivity contribution < 1.29 is 14.0 Å². The van der Waals surface area contributed by atoms with Gasteiger partial charge >= 0.3 is 0 Å². The van der Waals surface area contributed by atoms with Gasteiger partial charge in [0.25, 0.3) is 5.91 Å². The molecule has 0 saturated carbocycles.